The summed E-state index contributed by atoms with van der Waals surface area (Å²) in [5.74, 6) is 0. The van der Waals surface area contributed by atoms with Crippen LogP contribution < -0.4 is 5.32 Å². The first-order valence-electron chi connectivity index (χ1n) is 10.4. The molecule has 1 N–H and O–H groups in total. The molecular formula is C20H45N3. The van der Waals surface area contributed by atoms with E-state index in [1.165, 1.54) is 84.1 Å². The van der Waals surface area contributed by atoms with Gasteiger partial charge in [-0.1, -0.05) is 66.7 Å². The quantitative estimate of drug-likeness (QED) is 0.308. The Bertz CT molecular complexity index is 229. The van der Waals surface area contributed by atoms with Gasteiger partial charge < -0.3 is 5.32 Å². The lowest BCUT2D eigenvalue weighted by molar-refractivity contribution is 0.0429. The number of rotatable bonds is 17. The monoisotopic (exact) mass is 327 g/mol. The maximum Gasteiger partial charge on any atom is 0.0622 e. The lowest BCUT2D eigenvalue weighted by atomic mass is 10.1. The Morgan fingerprint density at radius 3 is 1.91 bits per heavy atom. The van der Waals surface area contributed by atoms with Crippen molar-refractivity contribution < 1.29 is 0 Å². The number of nitrogens with one attached hydrogen (secondary N) is 1. The molecule has 140 valence electrons. The van der Waals surface area contributed by atoms with Crippen molar-refractivity contribution in [1.82, 2.24) is 15.1 Å². The van der Waals surface area contributed by atoms with Gasteiger partial charge in [0, 0.05) is 0 Å². The first kappa shape index (κ1) is 22.9. The molecule has 0 heterocycles. The summed E-state index contributed by atoms with van der Waals surface area (Å²) in [5, 5.41) is 3.43. The van der Waals surface area contributed by atoms with Gasteiger partial charge in [-0.25, -0.2) is 0 Å². The van der Waals surface area contributed by atoms with Gasteiger partial charge in [-0.15, -0.1) is 0 Å². The number of unbranched alkanes of at least 4 members (excludes halogenated alkanes) is 5. The Hall–Kier alpha value is -0.120. The van der Waals surface area contributed by atoms with Crippen LogP contribution in [-0.2, 0) is 0 Å². The molecule has 0 spiro atoms. The molecule has 0 aliphatic heterocycles. The summed E-state index contributed by atoms with van der Waals surface area (Å²) in [7, 11) is 0. The van der Waals surface area contributed by atoms with Gasteiger partial charge >= 0.3 is 0 Å². The molecule has 0 saturated carbocycles. The molecule has 0 unspecified atom stereocenters. The standard InChI is InChI=1S/C20H45N3/c1-6-11-12-16-19-23(10-5)20(22(8-3)9-4)17-14-13-15-18-21-7-2/h20-21H,6-19H2,1-5H3/t20-/m0/s1. The smallest absolute Gasteiger partial charge is 0.0622 e. The van der Waals surface area contributed by atoms with Gasteiger partial charge in [-0.05, 0) is 58.5 Å². The highest BCUT2D eigenvalue weighted by Crippen LogP contribution is 2.16. The minimum Gasteiger partial charge on any atom is -0.317 e. The van der Waals surface area contributed by atoms with E-state index in [1.54, 1.807) is 0 Å². The third kappa shape index (κ3) is 11.1. The predicted molar refractivity (Wildman–Crippen MR) is 105 cm³/mol. The number of nitrogens with zero attached hydrogens (tertiary/aromatic N) is 2. The second kappa shape index (κ2) is 16.7. The van der Waals surface area contributed by atoms with Crippen LogP contribution in [0.15, 0.2) is 0 Å². The van der Waals surface area contributed by atoms with Crippen molar-refractivity contribution in [3.05, 3.63) is 0 Å². The Morgan fingerprint density at radius 2 is 1.35 bits per heavy atom. The van der Waals surface area contributed by atoms with Gasteiger partial charge in [0.2, 0.25) is 0 Å². The van der Waals surface area contributed by atoms with Crippen molar-refractivity contribution in [1.29, 1.82) is 0 Å². The van der Waals surface area contributed by atoms with E-state index < -0.39 is 0 Å². The zero-order chi connectivity index (χ0) is 17.3. The molecule has 1 atom stereocenters. The van der Waals surface area contributed by atoms with Crippen LogP contribution in [0.25, 0.3) is 0 Å². The molecule has 23 heavy (non-hydrogen) atoms. The van der Waals surface area contributed by atoms with E-state index >= 15 is 0 Å². The van der Waals surface area contributed by atoms with E-state index in [9.17, 15) is 0 Å². The van der Waals surface area contributed by atoms with E-state index in [0.29, 0.717) is 6.17 Å². The van der Waals surface area contributed by atoms with Gasteiger partial charge in [-0.3, -0.25) is 9.80 Å². The van der Waals surface area contributed by atoms with Crippen molar-refractivity contribution in [3.8, 4) is 0 Å². The highest BCUT2D eigenvalue weighted by Gasteiger charge is 2.21. The van der Waals surface area contributed by atoms with Crippen LogP contribution in [0.2, 0.25) is 0 Å². The van der Waals surface area contributed by atoms with Crippen LogP contribution >= 0.6 is 0 Å². The van der Waals surface area contributed by atoms with Crippen molar-refractivity contribution >= 4 is 0 Å². The minimum atomic E-state index is 0.649. The van der Waals surface area contributed by atoms with Gasteiger partial charge in [0.25, 0.3) is 0 Å². The summed E-state index contributed by atoms with van der Waals surface area (Å²) in [6.07, 6.45) is 11.5. The SMILES string of the molecule is CCCCCCN(CC)[C@@H](CCCCCNCC)N(CC)CC. The minimum absolute atomic E-state index is 0.649. The van der Waals surface area contributed by atoms with Crippen LogP contribution in [-0.4, -0.2) is 55.2 Å². The molecule has 3 heteroatoms. The molecule has 0 bridgehead atoms. The summed E-state index contributed by atoms with van der Waals surface area (Å²) in [5.41, 5.74) is 0. The summed E-state index contributed by atoms with van der Waals surface area (Å²) >= 11 is 0. The molecule has 0 rings (SSSR count). The first-order valence-corrected chi connectivity index (χ1v) is 10.4. The Kier molecular flexibility index (Phi) is 16.6. The topological polar surface area (TPSA) is 18.5 Å². The largest absolute Gasteiger partial charge is 0.317 e. The van der Waals surface area contributed by atoms with Crippen molar-refractivity contribution in [2.24, 2.45) is 0 Å². The predicted octanol–water partition coefficient (Wildman–Crippen LogP) is 4.73. The third-order valence-corrected chi connectivity index (χ3v) is 4.93. The molecule has 0 aromatic rings. The van der Waals surface area contributed by atoms with Gasteiger partial charge in [0.05, 0.1) is 6.17 Å². The highest BCUT2D eigenvalue weighted by atomic mass is 15.3. The van der Waals surface area contributed by atoms with Gasteiger partial charge in [-0.2, -0.15) is 0 Å². The first-order chi connectivity index (χ1) is 11.2. The average Bonchev–Trinajstić information content (AvgIpc) is 2.58. The lowest BCUT2D eigenvalue weighted by Crippen LogP contribution is -2.48. The maximum atomic E-state index is 3.43. The number of hydrogen-bond acceptors (Lipinski definition) is 3. The van der Waals surface area contributed by atoms with Crippen LogP contribution in [0.1, 0.15) is 86.0 Å². The molecule has 0 radical (unpaired) electrons. The molecule has 0 aliphatic carbocycles. The molecule has 0 aromatic heterocycles. The summed E-state index contributed by atoms with van der Waals surface area (Å²) in [6, 6.07) is 0. The maximum absolute atomic E-state index is 3.43. The van der Waals surface area contributed by atoms with Gasteiger partial charge in [0.15, 0.2) is 0 Å². The van der Waals surface area contributed by atoms with Crippen molar-refractivity contribution in [2.45, 2.75) is 92.2 Å². The third-order valence-electron chi connectivity index (χ3n) is 4.93. The zero-order valence-electron chi connectivity index (χ0n) is 16.9. The second-order valence-electron chi connectivity index (χ2n) is 6.59. The second-order valence-corrected chi connectivity index (χ2v) is 6.59. The fraction of sp³-hybridized carbons (Fsp3) is 1.00. The van der Waals surface area contributed by atoms with Crippen LogP contribution in [0.5, 0.6) is 0 Å². The summed E-state index contributed by atoms with van der Waals surface area (Å²) in [6.45, 7) is 18.5. The molecule has 0 amide bonds. The molecule has 0 aliphatic rings. The summed E-state index contributed by atoms with van der Waals surface area (Å²) < 4.78 is 0. The molecule has 3 nitrogen and oxygen atoms in total. The van der Waals surface area contributed by atoms with Crippen molar-refractivity contribution in [2.75, 3.05) is 39.3 Å². The van der Waals surface area contributed by atoms with E-state index in [4.69, 9.17) is 0 Å². The summed E-state index contributed by atoms with van der Waals surface area (Å²) in [4.78, 5) is 5.39. The number of hydrogen-bond donors (Lipinski definition) is 1. The fourth-order valence-corrected chi connectivity index (χ4v) is 3.43. The van der Waals surface area contributed by atoms with E-state index in [0.717, 1.165) is 6.54 Å². The van der Waals surface area contributed by atoms with E-state index in [1.807, 2.05) is 0 Å². The molecule has 0 aromatic carbocycles. The molecule has 0 saturated heterocycles. The average molecular weight is 328 g/mol. The van der Waals surface area contributed by atoms with Crippen LogP contribution in [0.4, 0.5) is 0 Å². The highest BCUT2D eigenvalue weighted by molar-refractivity contribution is 4.72. The zero-order valence-corrected chi connectivity index (χ0v) is 16.9. The normalized spacial score (nSPS) is 13.2. The van der Waals surface area contributed by atoms with Crippen LogP contribution in [0, 0.1) is 0 Å². The van der Waals surface area contributed by atoms with E-state index in [2.05, 4.69) is 49.7 Å². The Morgan fingerprint density at radius 1 is 0.696 bits per heavy atom. The fourth-order valence-electron chi connectivity index (χ4n) is 3.43. The van der Waals surface area contributed by atoms with E-state index in [-0.39, 0.29) is 0 Å². The Balaban J connectivity index is 4.33. The Labute approximate surface area is 147 Å². The molecular weight excluding hydrogens is 282 g/mol. The van der Waals surface area contributed by atoms with Gasteiger partial charge in [0.1, 0.15) is 0 Å². The van der Waals surface area contributed by atoms with Crippen LogP contribution in [0.3, 0.4) is 0 Å². The molecule has 0 fully saturated rings. The lowest BCUT2D eigenvalue weighted by Gasteiger charge is -2.39. The van der Waals surface area contributed by atoms with Crippen molar-refractivity contribution in [3.63, 3.8) is 0 Å².